The molecular weight excluding hydrogens is 314 g/mol. The Labute approximate surface area is 140 Å². The molecule has 1 aliphatic heterocycles. The van der Waals surface area contributed by atoms with E-state index in [4.69, 9.17) is 16.3 Å². The zero-order valence-corrected chi connectivity index (χ0v) is 13.7. The van der Waals surface area contributed by atoms with Crippen molar-refractivity contribution in [3.63, 3.8) is 0 Å². The molecule has 0 aliphatic carbocycles. The second kappa shape index (κ2) is 6.96. The lowest BCUT2D eigenvalue weighted by molar-refractivity contribution is 0.0527. The van der Waals surface area contributed by atoms with Crippen molar-refractivity contribution in [1.29, 1.82) is 0 Å². The maximum Gasteiger partial charge on any atom is 0.255 e. The third-order valence-corrected chi connectivity index (χ3v) is 4.14. The van der Waals surface area contributed by atoms with E-state index in [1.54, 1.807) is 29.3 Å². The molecule has 1 aromatic heterocycles. The monoisotopic (exact) mass is 331 g/mol. The first-order chi connectivity index (χ1) is 11.1. The number of rotatable bonds is 3. The molecule has 0 bridgehead atoms. The largest absolute Gasteiger partial charge is 0.472 e. The predicted octanol–water partition coefficient (Wildman–Crippen LogP) is 3.12. The van der Waals surface area contributed by atoms with Crippen molar-refractivity contribution in [1.82, 2.24) is 14.9 Å². The fourth-order valence-corrected chi connectivity index (χ4v) is 2.91. The number of carbonyl (C=O) groups is 1. The van der Waals surface area contributed by atoms with Gasteiger partial charge in [-0.1, -0.05) is 23.7 Å². The molecule has 1 saturated heterocycles. The van der Waals surface area contributed by atoms with Crippen LogP contribution in [0.2, 0.25) is 5.02 Å². The highest BCUT2D eigenvalue weighted by Gasteiger charge is 2.26. The molecule has 2 aromatic rings. The van der Waals surface area contributed by atoms with Gasteiger partial charge in [0.1, 0.15) is 11.9 Å². The van der Waals surface area contributed by atoms with Crippen LogP contribution >= 0.6 is 11.6 Å². The van der Waals surface area contributed by atoms with E-state index in [1.807, 2.05) is 19.1 Å². The lowest BCUT2D eigenvalue weighted by Crippen LogP contribution is -2.44. The lowest BCUT2D eigenvalue weighted by atomic mass is 10.1. The molecule has 23 heavy (non-hydrogen) atoms. The number of amides is 1. The summed E-state index contributed by atoms with van der Waals surface area (Å²) in [5.41, 5.74) is 0.535. The van der Waals surface area contributed by atoms with Gasteiger partial charge in [-0.05, 0) is 31.9 Å². The first-order valence-corrected chi connectivity index (χ1v) is 8.01. The van der Waals surface area contributed by atoms with Crippen LogP contribution in [0.15, 0.2) is 36.5 Å². The third-order valence-electron chi connectivity index (χ3n) is 3.81. The Morgan fingerprint density at radius 2 is 2.17 bits per heavy atom. The molecule has 1 fully saturated rings. The lowest BCUT2D eigenvalue weighted by Gasteiger charge is -2.32. The fraction of sp³-hybridized carbons (Fsp3) is 0.353. The molecule has 1 aliphatic rings. The maximum atomic E-state index is 12.6. The summed E-state index contributed by atoms with van der Waals surface area (Å²) in [5.74, 6) is 1.17. The Kier molecular flexibility index (Phi) is 4.76. The second-order valence-corrected chi connectivity index (χ2v) is 5.96. The zero-order chi connectivity index (χ0) is 16.2. The fourth-order valence-electron chi connectivity index (χ4n) is 2.69. The van der Waals surface area contributed by atoms with Gasteiger partial charge in [-0.25, -0.2) is 4.98 Å². The molecule has 1 unspecified atom stereocenters. The highest BCUT2D eigenvalue weighted by Crippen LogP contribution is 2.21. The Balaban J connectivity index is 1.68. The van der Waals surface area contributed by atoms with Crippen molar-refractivity contribution < 1.29 is 9.53 Å². The summed E-state index contributed by atoms with van der Waals surface area (Å²) in [7, 11) is 0. The number of nitrogens with zero attached hydrogens (tertiary/aromatic N) is 3. The van der Waals surface area contributed by atoms with Crippen LogP contribution < -0.4 is 4.74 Å². The van der Waals surface area contributed by atoms with E-state index in [9.17, 15) is 4.79 Å². The molecule has 1 amide bonds. The summed E-state index contributed by atoms with van der Waals surface area (Å²) in [5, 5.41) is 0.479. The van der Waals surface area contributed by atoms with E-state index >= 15 is 0 Å². The number of aryl methyl sites for hydroxylation is 1. The van der Waals surface area contributed by atoms with Gasteiger partial charge >= 0.3 is 0 Å². The van der Waals surface area contributed by atoms with E-state index in [0.29, 0.717) is 35.4 Å². The van der Waals surface area contributed by atoms with Crippen LogP contribution in [0.4, 0.5) is 0 Å². The topological polar surface area (TPSA) is 55.3 Å². The molecule has 3 rings (SSSR count). The third kappa shape index (κ3) is 3.79. The molecule has 0 spiro atoms. The van der Waals surface area contributed by atoms with Crippen LogP contribution in [0.5, 0.6) is 5.88 Å². The van der Waals surface area contributed by atoms with Crippen molar-refractivity contribution in [2.45, 2.75) is 25.9 Å². The van der Waals surface area contributed by atoms with Crippen molar-refractivity contribution in [2.24, 2.45) is 0 Å². The molecule has 1 aromatic carbocycles. The van der Waals surface area contributed by atoms with E-state index in [-0.39, 0.29) is 12.0 Å². The SMILES string of the molecule is Cc1nccc(OC2CCCN(C(=O)c3ccccc3Cl)C2)n1. The number of aromatic nitrogens is 2. The van der Waals surface area contributed by atoms with Gasteiger partial charge in [0.2, 0.25) is 5.88 Å². The van der Waals surface area contributed by atoms with Crippen molar-refractivity contribution >= 4 is 17.5 Å². The van der Waals surface area contributed by atoms with E-state index < -0.39 is 0 Å². The van der Waals surface area contributed by atoms with E-state index in [0.717, 1.165) is 12.8 Å². The number of benzene rings is 1. The zero-order valence-electron chi connectivity index (χ0n) is 12.9. The standard InChI is InChI=1S/C17H18ClN3O2/c1-12-19-9-8-16(20-12)23-13-5-4-10-21(11-13)17(22)14-6-2-3-7-15(14)18/h2-3,6-9,13H,4-5,10-11H2,1H3. The van der Waals surface area contributed by atoms with Crippen LogP contribution in [0.25, 0.3) is 0 Å². The van der Waals surface area contributed by atoms with E-state index in [1.165, 1.54) is 0 Å². The summed E-state index contributed by atoms with van der Waals surface area (Å²) in [6.45, 7) is 3.07. The summed E-state index contributed by atoms with van der Waals surface area (Å²) in [6, 6.07) is 8.86. The quantitative estimate of drug-likeness (QED) is 0.867. The minimum absolute atomic E-state index is 0.0530. The molecule has 1 atom stereocenters. The maximum absolute atomic E-state index is 12.6. The number of hydrogen-bond acceptors (Lipinski definition) is 4. The summed E-state index contributed by atoms with van der Waals surface area (Å²) in [4.78, 5) is 22.7. The first-order valence-electron chi connectivity index (χ1n) is 7.63. The van der Waals surface area contributed by atoms with Gasteiger partial charge in [-0.3, -0.25) is 4.79 Å². The number of piperidine rings is 1. The molecule has 5 nitrogen and oxygen atoms in total. The molecule has 6 heteroatoms. The van der Waals surface area contributed by atoms with Gasteiger partial charge in [0.05, 0.1) is 17.1 Å². The molecule has 0 saturated carbocycles. The minimum atomic E-state index is -0.0653. The molecular formula is C17H18ClN3O2. The van der Waals surface area contributed by atoms with Crippen molar-refractivity contribution in [3.05, 3.63) is 52.9 Å². The molecule has 0 radical (unpaired) electrons. The van der Waals surface area contributed by atoms with Crippen LogP contribution in [0.3, 0.4) is 0 Å². The Morgan fingerprint density at radius 3 is 2.96 bits per heavy atom. The van der Waals surface area contributed by atoms with Gasteiger partial charge < -0.3 is 9.64 Å². The normalized spacial score (nSPS) is 17.8. The first kappa shape index (κ1) is 15.7. The van der Waals surface area contributed by atoms with E-state index in [2.05, 4.69) is 9.97 Å². The highest BCUT2D eigenvalue weighted by atomic mass is 35.5. The Hall–Kier alpha value is -2.14. The number of carbonyl (C=O) groups excluding carboxylic acids is 1. The number of halogens is 1. The van der Waals surface area contributed by atoms with Crippen molar-refractivity contribution in [3.8, 4) is 5.88 Å². The van der Waals surface area contributed by atoms with Gasteiger partial charge in [-0.2, -0.15) is 4.98 Å². The van der Waals surface area contributed by atoms with Crippen LogP contribution in [-0.2, 0) is 0 Å². The predicted molar refractivity (Wildman–Crippen MR) is 87.8 cm³/mol. The average Bonchev–Trinajstić information content (AvgIpc) is 2.55. The van der Waals surface area contributed by atoms with Crippen LogP contribution in [-0.4, -0.2) is 40.0 Å². The second-order valence-electron chi connectivity index (χ2n) is 5.56. The summed E-state index contributed by atoms with van der Waals surface area (Å²) < 4.78 is 5.90. The Bertz CT molecular complexity index is 708. The number of ether oxygens (including phenoxy) is 1. The Morgan fingerprint density at radius 1 is 1.35 bits per heavy atom. The molecule has 120 valence electrons. The van der Waals surface area contributed by atoms with Crippen molar-refractivity contribution in [2.75, 3.05) is 13.1 Å². The summed E-state index contributed by atoms with van der Waals surface area (Å²) >= 11 is 6.13. The summed E-state index contributed by atoms with van der Waals surface area (Å²) in [6.07, 6.45) is 3.40. The smallest absolute Gasteiger partial charge is 0.255 e. The average molecular weight is 332 g/mol. The number of likely N-dealkylation sites (tertiary alicyclic amines) is 1. The van der Waals surface area contributed by atoms with Crippen LogP contribution in [0, 0.1) is 6.92 Å². The van der Waals surface area contributed by atoms with Gasteiger partial charge in [0.15, 0.2) is 0 Å². The molecule has 0 N–H and O–H groups in total. The van der Waals surface area contributed by atoms with Gasteiger partial charge in [-0.15, -0.1) is 0 Å². The highest BCUT2D eigenvalue weighted by molar-refractivity contribution is 6.33. The van der Waals surface area contributed by atoms with Crippen LogP contribution in [0.1, 0.15) is 29.0 Å². The molecule has 2 heterocycles. The van der Waals surface area contributed by atoms with Gasteiger partial charge in [0.25, 0.3) is 5.91 Å². The minimum Gasteiger partial charge on any atom is -0.472 e. The number of hydrogen-bond donors (Lipinski definition) is 0. The van der Waals surface area contributed by atoms with Gasteiger partial charge in [0, 0.05) is 18.8 Å².